The van der Waals surface area contributed by atoms with Crippen LogP contribution in [0.2, 0.25) is 5.02 Å². The van der Waals surface area contributed by atoms with Gasteiger partial charge >= 0.3 is 0 Å². The zero-order chi connectivity index (χ0) is 14.0. The molecular weight excluding hydrogens is 328 g/mol. The molecule has 1 amide bonds. The van der Waals surface area contributed by atoms with Crippen molar-refractivity contribution >= 4 is 33.4 Å². The molecule has 1 aromatic carbocycles. The highest BCUT2D eigenvalue weighted by Crippen LogP contribution is 2.25. The Balaban J connectivity index is 2.17. The third-order valence-electron chi connectivity index (χ3n) is 3.65. The van der Waals surface area contributed by atoms with Crippen molar-refractivity contribution in [3.63, 3.8) is 0 Å². The fourth-order valence-electron chi connectivity index (χ4n) is 2.46. The van der Waals surface area contributed by atoms with E-state index >= 15 is 0 Å². The molecule has 1 saturated heterocycles. The summed E-state index contributed by atoms with van der Waals surface area (Å²) in [6.07, 6.45) is 2.09. The van der Waals surface area contributed by atoms with Crippen LogP contribution in [0.25, 0.3) is 0 Å². The molecule has 0 aromatic heterocycles. The summed E-state index contributed by atoms with van der Waals surface area (Å²) in [7, 11) is 0. The summed E-state index contributed by atoms with van der Waals surface area (Å²) in [4.78, 5) is 14.4. The monoisotopic (exact) mass is 344 g/mol. The maximum absolute atomic E-state index is 12.5. The molecular formula is C14H18BrClN2O. The van der Waals surface area contributed by atoms with E-state index in [-0.39, 0.29) is 11.9 Å². The van der Waals surface area contributed by atoms with Gasteiger partial charge in [-0.05, 0) is 43.9 Å². The van der Waals surface area contributed by atoms with E-state index < -0.39 is 0 Å². The molecule has 1 aromatic rings. The number of halogens is 2. The minimum Gasteiger partial charge on any atom is -0.338 e. The maximum Gasteiger partial charge on any atom is 0.255 e. The Morgan fingerprint density at radius 2 is 2.32 bits per heavy atom. The van der Waals surface area contributed by atoms with Crippen LogP contribution in [0.3, 0.4) is 0 Å². The number of nitrogens with two attached hydrogens (primary N) is 1. The number of likely N-dealkylation sites (tertiary alicyclic amines) is 1. The van der Waals surface area contributed by atoms with E-state index in [9.17, 15) is 4.79 Å². The van der Waals surface area contributed by atoms with E-state index in [4.69, 9.17) is 17.3 Å². The Morgan fingerprint density at radius 3 is 3.00 bits per heavy atom. The normalized spacial score (nSPS) is 21.3. The van der Waals surface area contributed by atoms with Crippen molar-refractivity contribution in [1.82, 2.24) is 4.90 Å². The van der Waals surface area contributed by atoms with Crippen LogP contribution in [0.4, 0.5) is 0 Å². The van der Waals surface area contributed by atoms with E-state index in [2.05, 4.69) is 15.9 Å². The molecule has 2 N–H and O–H groups in total. The third kappa shape index (κ3) is 3.50. The van der Waals surface area contributed by atoms with E-state index in [1.807, 2.05) is 17.9 Å². The van der Waals surface area contributed by atoms with Crippen molar-refractivity contribution in [2.24, 2.45) is 11.7 Å². The first-order valence-electron chi connectivity index (χ1n) is 6.49. The molecule has 19 heavy (non-hydrogen) atoms. The topological polar surface area (TPSA) is 46.3 Å². The quantitative estimate of drug-likeness (QED) is 0.894. The molecule has 1 aliphatic heterocycles. The van der Waals surface area contributed by atoms with Crippen molar-refractivity contribution in [3.8, 4) is 0 Å². The summed E-state index contributed by atoms with van der Waals surface area (Å²) in [5.74, 6) is 0.375. The largest absolute Gasteiger partial charge is 0.338 e. The lowest BCUT2D eigenvalue weighted by atomic mass is 9.92. The van der Waals surface area contributed by atoms with Crippen molar-refractivity contribution in [3.05, 3.63) is 33.3 Å². The number of hydrogen-bond donors (Lipinski definition) is 1. The summed E-state index contributed by atoms with van der Waals surface area (Å²) in [6, 6.07) is 5.47. The lowest BCUT2D eigenvalue weighted by molar-refractivity contribution is 0.0661. The highest BCUT2D eigenvalue weighted by Gasteiger charge is 2.27. The number of benzene rings is 1. The first-order valence-corrected chi connectivity index (χ1v) is 7.66. The Morgan fingerprint density at radius 1 is 1.58 bits per heavy atom. The minimum absolute atomic E-state index is 0.00310. The number of rotatable bonds is 2. The molecule has 1 heterocycles. The molecule has 0 bridgehead atoms. The van der Waals surface area contributed by atoms with Gasteiger partial charge in [0.25, 0.3) is 5.91 Å². The van der Waals surface area contributed by atoms with Gasteiger partial charge in [0.2, 0.25) is 0 Å². The van der Waals surface area contributed by atoms with E-state index in [0.29, 0.717) is 16.5 Å². The van der Waals surface area contributed by atoms with Crippen LogP contribution in [0.15, 0.2) is 22.7 Å². The highest BCUT2D eigenvalue weighted by molar-refractivity contribution is 9.10. The molecule has 0 spiro atoms. The zero-order valence-electron chi connectivity index (χ0n) is 10.9. The van der Waals surface area contributed by atoms with Crippen molar-refractivity contribution < 1.29 is 4.79 Å². The van der Waals surface area contributed by atoms with Crippen molar-refractivity contribution in [1.29, 1.82) is 0 Å². The standard InChI is InChI=1S/C14H18BrClN2O/c1-9(17)10-3-2-6-18(8-10)14(19)12-7-11(15)4-5-13(12)16/h4-5,7,9-10H,2-3,6,8,17H2,1H3/t9-,10+/m1/s1. The van der Waals surface area contributed by atoms with Gasteiger partial charge in [0.05, 0.1) is 10.6 Å². The van der Waals surface area contributed by atoms with E-state index in [1.165, 1.54) is 0 Å². The number of nitrogens with zero attached hydrogens (tertiary/aromatic N) is 1. The minimum atomic E-state index is -0.00310. The average Bonchev–Trinajstić information content (AvgIpc) is 2.41. The van der Waals surface area contributed by atoms with Gasteiger partial charge in [-0.15, -0.1) is 0 Å². The smallest absolute Gasteiger partial charge is 0.255 e. The molecule has 3 nitrogen and oxygen atoms in total. The molecule has 0 saturated carbocycles. The van der Waals surface area contributed by atoms with Gasteiger partial charge in [-0.3, -0.25) is 4.79 Å². The Kier molecular flexibility index (Phi) is 4.87. The summed E-state index contributed by atoms with van der Waals surface area (Å²) in [5, 5.41) is 0.496. The van der Waals surface area contributed by atoms with Gasteiger partial charge in [-0.25, -0.2) is 0 Å². The van der Waals surface area contributed by atoms with Crippen molar-refractivity contribution in [2.45, 2.75) is 25.8 Å². The first kappa shape index (κ1) is 14.8. The number of carbonyl (C=O) groups excluding carboxylic acids is 1. The SMILES string of the molecule is C[C@@H](N)[C@H]1CCCN(C(=O)c2cc(Br)ccc2Cl)C1. The van der Waals surface area contributed by atoms with Gasteiger partial charge in [0.1, 0.15) is 0 Å². The molecule has 104 valence electrons. The Hall–Kier alpha value is -0.580. The zero-order valence-corrected chi connectivity index (χ0v) is 13.2. The summed E-state index contributed by atoms with van der Waals surface area (Å²) in [6.45, 7) is 3.51. The molecule has 1 fully saturated rings. The fraction of sp³-hybridized carbons (Fsp3) is 0.500. The molecule has 0 radical (unpaired) electrons. The maximum atomic E-state index is 12.5. The predicted octanol–water partition coefficient (Wildman–Crippen LogP) is 3.30. The lowest BCUT2D eigenvalue weighted by Gasteiger charge is -2.34. The first-order chi connectivity index (χ1) is 8.99. The van der Waals surface area contributed by atoms with E-state index in [1.54, 1.807) is 12.1 Å². The number of piperidine rings is 1. The molecule has 5 heteroatoms. The fourth-order valence-corrected chi connectivity index (χ4v) is 3.01. The second-order valence-electron chi connectivity index (χ2n) is 5.14. The molecule has 1 aliphatic rings. The number of amides is 1. The summed E-state index contributed by atoms with van der Waals surface area (Å²) >= 11 is 9.49. The Bertz CT molecular complexity index is 479. The number of carbonyl (C=O) groups is 1. The second-order valence-corrected chi connectivity index (χ2v) is 6.46. The summed E-state index contributed by atoms with van der Waals surface area (Å²) < 4.78 is 0.862. The van der Waals surface area contributed by atoms with Crippen molar-refractivity contribution in [2.75, 3.05) is 13.1 Å². The molecule has 2 rings (SSSR count). The van der Waals surface area contributed by atoms with Gasteiger partial charge in [-0.2, -0.15) is 0 Å². The van der Waals surface area contributed by atoms with Crippen LogP contribution in [0, 0.1) is 5.92 Å². The van der Waals surface area contributed by atoms with Crippen LogP contribution in [-0.4, -0.2) is 29.9 Å². The summed E-state index contributed by atoms with van der Waals surface area (Å²) in [5.41, 5.74) is 6.51. The van der Waals surface area contributed by atoms with Gasteiger partial charge in [0, 0.05) is 23.6 Å². The van der Waals surface area contributed by atoms with Crippen LogP contribution in [-0.2, 0) is 0 Å². The van der Waals surface area contributed by atoms with Crippen LogP contribution in [0.1, 0.15) is 30.1 Å². The number of hydrogen-bond acceptors (Lipinski definition) is 2. The highest BCUT2D eigenvalue weighted by atomic mass is 79.9. The molecule has 0 aliphatic carbocycles. The Labute approximate surface area is 127 Å². The van der Waals surface area contributed by atoms with Crippen LogP contribution >= 0.6 is 27.5 Å². The average molecular weight is 346 g/mol. The lowest BCUT2D eigenvalue weighted by Crippen LogP contribution is -2.45. The van der Waals surface area contributed by atoms with Gasteiger partial charge < -0.3 is 10.6 Å². The van der Waals surface area contributed by atoms with Crippen LogP contribution < -0.4 is 5.73 Å². The van der Waals surface area contributed by atoms with Gasteiger partial charge in [-0.1, -0.05) is 27.5 Å². The molecule has 0 unspecified atom stereocenters. The second kappa shape index (κ2) is 6.25. The van der Waals surface area contributed by atoms with E-state index in [0.717, 1.165) is 30.4 Å². The third-order valence-corrected chi connectivity index (χ3v) is 4.47. The molecule has 2 atom stereocenters. The predicted molar refractivity (Wildman–Crippen MR) is 81.4 cm³/mol. The van der Waals surface area contributed by atoms with Crippen LogP contribution in [0.5, 0.6) is 0 Å². The van der Waals surface area contributed by atoms with Gasteiger partial charge in [0.15, 0.2) is 0 Å².